The lowest BCUT2D eigenvalue weighted by atomic mass is 10.2. The number of rotatable bonds is 5. The summed E-state index contributed by atoms with van der Waals surface area (Å²) in [7, 11) is 1.49. The number of amides is 1. The van der Waals surface area contributed by atoms with Crippen LogP contribution in [0.4, 0.5) is 4.39 Å². The standard InChI is InChI=1S/C18H22FN3O3/c1-11-17(10-22-7-6-13(9-22)20-12(2)23)21-18(25-11)15-5-4-14(24-3)8-16(15)19/h4-5,8,13H,6-7,9-10H2,1-3H3,(H,20,23)/t13-/m0/s1. The van der Waals surface area contributed by atoms with Crippen molar-refractivity contribution in [2.45, 2.75) is 32.9 Å². The average molecular weight is 347 g/mol. The van der Waals surface area contributed by atoms with E-state index in [-0.39, 0.29) is 17.8 Å². The molecule has 0 radical (unpaired) electrons. The van der Waals surface area contributed by atoms with E-state index in [4.69, 9.17) is 9.15 Å². The SMILES string of the molecule is COc1ccc(-c2nc(CN3CC[C@H](NC(C)=O)C3)c(C)o2)c(F)c1. The third kappa shape index (κ3) is 3.99. The third-order valence-electron chi connectivity index (χ3n) is 4.35. The molecule has 134 valence electrons. The predicted molar refractivity (Wildman–Crippen MR) is 90.7 cm³/mol. The second-order valence-electron chi connectivity index (χ2n) is 6.29. The molecule has 1 N–H and O–H groups in total. The summed E-state index contributed by atoms with van der Waals surface area (Å²) in [6.07, 6.45) is 0.913. The van der Waals surface area contributed by atoms with E-state index in [9.17, 15) is 9.18 Å². The van der Waals surface area contributed by atoms with Crippen molar-refractivity contribution < 1.29 is 18.3 Å². The van der Waals surface area contributed by atoms with Gasteiger partial charge in [-0.15, -0.1) is 0 Å². The van der Waals surface area contributed by atoms with E-state index in [1.807, 2.05) is 6.92 Å². The highest BCUT2D eigenvalue weighted by molar-refractivity contribution is 5.73. The van der Waals surface area contributed by atoms with Crippen LogP contribution in [0.5, 0.6) is 5.75 Å². The van der Waals surface area contributed by atoms with Crippen molar-refractivity contribution in [1.29, 1.82) is 0 Å². The number of likely N-dealkylation sites (tertiary alicyclic amines) is 1. The van der Waals surface area contributed by atoms with Crippen LogP contribution in [0.3, 0.4) is 0 Å². The fourth-order valence-corrected chi connectivity index (χ4v) is 3.08. The third-order valence-corrected chi connectivity index (χ3v) is 4.35. The molecule has 1 aromatic carbocycles. The summed E-state index contributed by atoms with van der Waals surface area (Å²) in [6, 6.07) is 4.76. The Morgan fingerprint density at radius 2 is 2.32 bits per heavy atom. The lowest BCUT2D eigenvalue weighted by Gasteiger charge is -2.15. The molecule has 0 aliphatic carbocycles. The van der Waals surface area contributed by atoms with Crippen LogP contribution in [0.2, 0.25) is 0 Å². The molecule has 1 saturated heterocycles. The molecular formula is C18H22FN3O3. The van der Waals surface area contributed by atoms with E-state index in [1.165, 1.54) is 20.1 Å². The Balaban J connectivity index is 1.72. The van der Waals surface area contributed by atoms with Crippen molar-refractivity contribution in [2.75, 3.05) is 20.2 Å². The van der Waals surface area contributed by atoms with E-state index >= 15 is 0 Å². The topological polar surface area (TPSA) is 67.6 Å². The molecule has 25 heavy (non-hydrogen) atoms. The largest absolute Gasteiger partial charge is 0.497 e. The maximum atomic E-state index is 14.2. The number of hydrogen-bond donors (Lipinski definition) is 1. The van der Waals surface area contributed by atoms with Crippen LogP contribution in [0.25, 0.3) is 11.5 Å². The van der Waals surface area contributed by atoms with Crippen molar-refractivity contribution >= 4 is 5.91 Å². The zero-order chi connectivity index (χ0) is 18.0. The van der Waals surface area contributed by atoms with E-state index in [2.05, 4.69) is 15.2 Å². The van der Waals surface area contributed by atoms with Crippen molar-refractivity contribution in [1.82, 2.24) is 15.2 Å². The van der Waals surface area contributed by atoms with Gasteiger partial charge in [0.1, 0.15) is 17.3 Å². The molecule has 1 amide bonds. The molecule has 0 unspecified atom stereocenters. The molecule has 6 nitrogen and oxygen atoms in total. The second kappa shape index (κ2) is 7.23. The number of methoxy groups -OCH3 is 1. The smallest absolute Gasteiger partial charge is 0.229 e. The maximum Gasteiger partial charge on any atom is 0.229 e. The number of aromatic nitrogens is 1. The van der Waals surface area contributed by atoms with Gasteiger partial charge in [-0.3, -0.25) is 9.69 Å². The van der Waals surface area contributed by atoms with Gasteiger partial charge in [-0.25, -0.2) is 9.37 Å². The summed E-state index contributed by atoms with van der Waals surface area (Å²) < 4.78 is 24.9. The fraction of sp³-hybridized carbons (Fsp3) is 0.444. The van der Waals surface area contributed by atoms with Crippen molar-refractivity contribution in [2.24, 2.45) is 0 Å². The zero-order valence-electron chi connectivity index (χ0n) is 14.6. The highest BCUT2D eigenvalue weighted by atomic mass is 19.1. The molecule has 7 heteroatoms. The first kappa shape index (κ1) is 17.4. The minimum atomic E-state index is -0.431. The van der Waals surface area contributed by atoms with E-state index in [0.717, 1.165) is 25.2 Å². The van der Waals surface area contributed by atoms with Crippen molar-refractivity contribution in [3.05, 3.63) is 35.5 Å². The lowest BCUT2D eigenvalue weighted by molar-refractivity contribution is -0.119. The van der Waals surface area contributed by atoms with Gasteiger partial charge < -0.3 is 14.5 Å². The Labute approximate surface area is 146 Å². The number of ether oxygens (including phenoxy) is 1. The number of carbonyl (C=O) groups excluding carboxylic acids is 1. The summed E-state index contributed by atoms with van der Waals surface area (Å²) in [5.41, 5.74) is 1.10. The summed E-state index contributed by atoms with van der Waals surface area (Å²) in [5, 5.41) is 2.94. The summed E-state index contributed by atoms with van der Waals surface area (Å²) >= 11 is 0. The van der Waals surface area contributed by atoms with Crippen LogP contribution in [0.1, 0.15) is 24.8 Å². The Morgan fingerprint density at radius 3 is 3.00 bits per heavy atom. The van der Waals surface area contributed by atoms with E-state index in [0.29, 0.717) is 23.6 Å². The molecule has 2 aromatic rings. The maximum absolute atomic E-state index is 14.2. The van der Waals surface area contributed by atoms with Gasteiger partial charge in [-0.1, -0.05) is 0 Å². The Kier molecular flexibility index (Phi) is 5.03. The molecule has 3 rings (SSSR count). The Hall–Kier alpha value is -2.41. The molecule has 1 fully saturated rings. The normalized spacial score (nSPS) is 17.7. The first-order chi connectivity index (χ1) is 12.0. The fourth-order valence-electron chi connectivity index (χ4n) is 3.08. The predicted octanol–water partition coefficient (Wildman–Crippen LogP) is 2.51. The first-order valence-electron chi connectivity index (χ1n) is 8.26. The number of aryl methyl sites for hydroxylation is 1. The summed E-state index contributed by atoms with van der Waals surface area (Å²) in [5.74, 6) is 0.949. The number of oxazole rings is 1. The van der Waals surface area contributed by atoms with Gasteiger partial charge in [0.15, 0.2) is 0 Å². The first-order valence-corrected chi connectivity index (χ1v) is 8.26. The van der Waals surface area contributed by atoms with Crippen LogP contribution < -0.4 is 10.1 Å². The van der Waals surface area contributed by atoms with Gasteiger partial charge in [-0.2, -0.15) is 0 Å². The van der Waals surface area contributed by atoms with Gasteiger partial charge >= 0.3 is 0 Å². The molecule has 2 heterocycles. The minimum absolute atomic E-state index is 0.0123. The monoisotopic (exact) mass is 347 g/mol. The number of nitrogens with one attached hydrogen (secondary N) is 1. The van der Waals surface area contributed by atoms with Crippen LogP contribution >= 0.6 is 0 Å². The molecular weight excluding hydrogens is 325 g/mol. The molecule has 1 atom stereocenters. The Morgan fingerprint density at radius 1 is 1.52 bits per heavy atom. The molecule has 1 aliphatic heterocycles. The average Bonchev–Trinajstić information content (AvgIpc) is 3.14. The van der Waals surface area contributed by atoms with Gasteiger partial charge in [0, 0.05) is 38.7 Å². The molecule has 0 bridgehead atoms. The van der Waals surface area contributed by atoms with Crippen molar-refractivity contribution in [3.8, 4) is 17.2 Å². The number of nitrogens with zero attached hydrogens (tertiary/aromatic N) is 2. The number of hydrogen-bond acceptors (Lipinski definition) is 5. The van der Waals surface area contributed by atoms with Gasteiger partial charge in [0.25, 0.3) is 0 Å². The van der Waals surface area contributed by atoms with Crippen molar-refractivity contribution in [3.63, 3.8) is 0 Å². The second-order valence-corrected chi connectivity index (χ2v) is 6.29. The van der Waals surface area contributed by atoms with Gasteiger partial charge in [0.2, 0.25) is 11.8 Å². The molecule has 0 saturated carbocycles. The molecule has 1 aromatic heterocycles. The molecule has 0 spiro atoms. The summed E-state index contributed by atoms with van der Waals surface area (Å²) in [4.78, 5) is 17.8. The lowest BCUT2D eigenvalue weighted by Crippen LogP contribution is -2.35. The highest BCUT2D eigenvalue weighted by Crippen LogP contribution is 2.28. The number of halogens is 1. The zero-order valence-corrected chi connectivity index (χ0v) is 14.6. The van der Waals surface area contributed by atoms with Crippen LogP contribution in [0, 0.1) is 12.7 Å². The van der Waals surface area contributed by atoms with Crippen LogP contribution in [0.15, 0.2) is 22.6 Å². The minimum Gasteiger partial charge on any atom is -0.497 e. The number of carbonyl (C=O) groups is 1. The van der Waals surface area contributed by atoms with Crippen LogP contribution in [-0.4, -0.2) is 42.0 Å². The highest BCUT2D eigenvalue weighted by Gasteiger charge is 2.25. The molecule has 1 aliphatic rings. The number of benzene rings is 1. The summed E-state index contributed by atoms with van der Waals surface area (Å²) in [6.45, 7) is 5.62. The van der Waals surface area contributed by atoms with Gasteiger partial charge in [0.05, 0.1) is 18.4 Å². The van der Waals surface area contributed by atoms with E-state index in [1.54, 1.807) is 12.1 Å². The van der Waals surface area contributed by atoms with Crippen LogP contribution in [-0.2, 0) is 11.3 Å². The van der Waals surface area contributed by atoms with E-state index < -0.39 is 5.82 Å². The quantitative estimate of drug-likeness (QED) is 0.900. The Bertz CT molecular complexity index is 775. The van der Waals surface area contributed by atoms with Gasteiger partial charge in [-0.05, 0) is 25.5 Å².